The zero-order valence-electron chi connectivity index (χ0n) is 10.1. The molecule has 0 amide bonds. The highest BCUT2D eigenvalue weighted by Gasteiger charge is 2.10. The quantitative estimate of drug-likeness (QED) is 0.853. The van der Waals surface area contributed by atoms with Crippen LogP contribution < -0.4 is 11.1 Å². The third-order valence-corrected chi connectivity index (χ3v) is 3.34. The van der Waals surface area contributed by atoms with Gasteiger partial charge in [0.05, 0.1) is 21.5 Å². The third kappa shape index (κ3) is 2.48. The molecule has 2 rings (SSSR count). The van der Waals surface area contributed by atoms with Crippen molar-refractivity contribution in [3.05, 3.63) is 39.4 Å². The maximum Gasteiger partial charge on any atom is 0.139 e. The van der Waals surface area contributed by atoms with Crippen LogP contribution in [0, 0.1) is 19.7 Å². The van der Waals surface area contributed by atoms with E-state index in [0.717, 1.165) is 17.0 Å². The van der Waals surface area contributed by atoms with E-state index in [1.165, 1.54) is 12.1 Å². The highest BCUT2D eigenvalue weighted by Crippen LogP contribution is 2.27. The molecule has 0 spiro atoms. The van der Waals surface area contributed by atoms with Crippen LogP contribution >= 0.6 is 15.9 Å². The third-order valence-electron chi connectivity index (χ3n) is 2.73. The van der Waals surface area contributed by atoms with Gasteiger partial charge < -0.3 is 15.6 Å². The summed E-state index contributed by atoms with van der Waals surface area (Å²) >= 11 is 3.09. The van der Waals surface area contributed by atoms with Crippen LogP contribution in [0.15, 0.2) is 21.1 Å². The Hall–Kier alpha value is -1.56. The Labute approximate surface area is 112 Å². The predicted molar refractivity (Wildman–Crippen MR) is 71.8 cm³/mol. The summed E-state index contributed by atoms with van der Waals surface area (Å²) in [5.41, 5.74) is 8.61. The molecule has 0 radical (unpaired) electrons. The molecule has 0 fully saturated rings. The summed E-state index contributed by atoms with van der Waals surface area (Å²) in [7, 11) is 0. The lowest BCUT2D eigenvalue weighted by Crippen LogP contribution is -2.04. The normalized spacial score (nSPS) is 10.7. The van der Waals surface area contributed by atoms with Gasteiger partial charge in [0, 0.05) is 18.2 Å². The molecule has 0 aliphatic heterocycles. The highest BCUT2D eigenvalue weighted by molar-refractivity contribution is 9.10. The molecule has 96 valence electrons. The minimum atomic E-state index is -0.356. The Morgan fingerprint density at radius 2 is 2.17 bits per heavy atom. The number of hydrogen-bond acceptors (Lipinski definition) is 4. The zero-order valence-corrected chi connectivity index (χ0v) is 11.6. The molecule has 0 saturated heterocycles. The first-order valence-electron chi connectivity index (χ1n) is 5.39. The lowest BCUT2D eigenvalue weighted by Gasteiger charge is -2.10. The lowest BCUT2D eigenvalue weighted by atomic mass is 10.2. The van der Waals surface area contributed by atoms with Crippen molar-refractivity contribution in [2.24, 2.45) is 0 Å². The van der Waals surface area contributed by atoms with E-state index < -0.39 is 0 Å². The number of hydrogen-bond donors (Lipinski definition) is 2. The van der Waals surface area contributed by atoms with Gasteiger partial charge in [0.25, 0.3) is 0 Å². The fraction of sp³-hybridized carbons (Fsp3) is 0.250. The van der Waals surface area contributed by atoms with Crippen LogP contribution in [0.25, 0.3) is 0 Å². The molecule has 4 nitrogen and oxygen atoms in total. The van der Waals surface area contributed by atoms with Crippen LogP contribution in [-0.4, -0.2) is 5.16 Å². The summed E-state index contributed by atoms with van der Waals surface area (Å²) in [6, 6.07) is 2.89. The number of aryl methyl sites for hydroxylation is 2. The number of nitrogens with two attached hydrogens (primary N) is 1. The number of nitrogen functional groups attached to an aromatic ring is 1. The Kier molecular flexibility index (Phi) is 3.56. The predicted octanol–water partition coefficient (Wildman–Crippen LogP) is 3.39. The van der Waals surface area contributed by atoms with E-state index in [-0.39, 0.29) is 5.82 Å². The SMILES string of the molecule is Cc1noc(C)c1CNc1cc(F)c(Br)cc1N. The molecular weight excluding hydrogens is 301 g/mol. The monoisotopic (exact) mass is 313 g/mol. The molecule has 0 unspecified atom stereocenters. The topological polar surface area (TPSA) is 64.1 Å². The molecular formula is C12H13BrFN3O. The first kappa shape index (κ1) is 12.9. The van der Waals surface area contributed by atoms with Gasteiger partial charge in [-0.05, 0) is 35.8 Å². The van der Waals surface area contributed by atoms with E-state index in [1.54, 1.807) is 0 Å². The second-order valence-electron chi connectivity index (χ2n) is 4.01. The molecule has 0 aliphatic carbocycles. The fourth-order valence-corrected chi connectivity index (χ4v) is 2.01. The Morgan fingerprint density at radius 1 is 1.44 bits per heavy atom. The summed E-state index contributed by atoms with van der Waals surface area (Å²) in [5, 5.41) is 6.93. The van der Waals surface area contributed by atoms with Crippen LogP contribution in [-0.2, 0) is 6.54 Å². The summed E-state index contributed by atoms with van der Waals surface area (Å²) in [4.78, 5) is 0. The number of anilines is 2. The van der Waals surface area contributed by atoms with Gasteiger partial charge in [0.15, 0.2) is 0 Å². The number of nitrogens with one attached hydrogen (secondary N) is 1. The summed E-state index contributed by atoms with van der Waals surface area (Å²) < 4.78 is 18.8. The molecule has 0 aliphatic rings. The van der Waals surface area contributed by atoms with E-state index in [2.05, 4.69) is 26.4 Å². The second kappa shape index (κ2) is 4.97. The van der Waals surface area contributed by atoms with Gasteiger partial charge >= 0.3 is 0 Å². The number of aromatic nitrogens is 1. The largest absolute Gasteiger partial charge is 0.397 e. The lowest BCUT2D eigenvalue weighted by molar-refractivity contribution is 0.392. The number of nitrogens with zero attached hydrogens (tertiary/aromatic N) is 1. The van der Waals surface area contributed by atoms with Gasteiger partial charge in [-0.25, -0.2) is 4.39 Å². The first-order chi connectivity index (χ1) is 8.49. The molecule has 1 heterocycles. The molecule has 1 aromatic heterocycles. The molecule has 18 heavy (non-hydrogen) atoms. The van der Waals surface area contributed by atoms with Gasteiger partial charge in [-0.2, -0.15) is 0 Å². The molecule has 0 saturated carbocycles. The van der Waals surface area contributed by atoms with Gasteiger partial charge in [0.2, 0.25) is 0 Å². The average molecular weight is 314 g/mol. The van der Waals surface area contributed by atoms with Crippen molar-refractivity contribution < 1.29 is 8.91 Å². The van der Waals surface area contributed by atoms with Crippen LogP contribution in [0.1, 0.15) is 17.0 Å². The zero-order chi connectivity index (χ0) is 13.3. The van der Waals surface area contributed by atoms with E-state index in [9.17, 15) is 4.39 Å². The van der Waals surface area contributed by atoms with Crippen molar-refractivity contribution in [3.63, 3.8) is 0 Å². The van der Waals surface area contributed by atoms with Crippen molar-refractivity contribution >= 4 is 27.3 Å². The standard InChI is InChI=1S/C12H13BrFN3O/c1-6-8(7(2)18-17-6)5-16-12-4-10(14)9(13)3-11(12)15/h3-4,16H,5,15H2,1-2H3. The van der Waals surface area contributed by atoms with Crippen LogP contribution in [0.2, 0.25) is 0 Å². The van der Waals surface area contributed by atoms with E-state index in [1.807, 2.05) is 13.8 Å². The summed E-state index contributed by atoms with van der Waals surface area (Å²) in [6.07, 6.45) is 0. The van der Waals surface area contributed by atoms with Crippen LogP contribution in [0.3, 0.4) is 0 Å². The van der Waals surface area contributed by atoms with Crippen molar-refractivity contribution in [1.29, 1.82) is 0 Å². The minimum absolute atomic E-state index is 0.350. The van der Waals surface area contributed by atoms with Crippen molar-refractivity contribution in [1.82, 2.24) is 5.16 Å². The molecule has 2 aromatic rings. The number of rotatable bonds is 3. The maximum absolute atomic E-state index is 13.4. The number of halogens is 2. The van der Waals surface area contributed by atoms with Crippen LogP contribution in [0.4, 0.5) is 15.8 Å². The van der Waals surface area contributed by atoms with Crippen molar-refractivity contribution in [2.75, 3.05) is 11.1 Å². The summed E-state index contributed by atoms with van der Waals surface area (Å²) in [6.45, 7) is 4.19. The minimum Gasteiger partial charge on any atom is -0.397 e. The smallest absolute Gasteiger partial charge is 0.139 e. The maximum atomic E-state index is 13.4. The highest BCUT2D eigenvalue weighted by atomic mass is 79.9. The van der Waals surface area contributed by atoms with E-state index >= 15 is 0 Å². The van der Waals surface area contributed by atoms with Crippen molar-refractivity contribution in [2.45, 2.75) is 20.4 Å². The average Bonchev–Trinajstić information content (AvgIpc) is 2.62. The van der Waals surface area contributed by atoms with Crippen LogP contribution in [0.5, 0.6) is 0 Å². The molecule has 1 aromatic carbocycles. The Balaban J connectivity index is 2.18. The molecule has 0 bridgehead atoms. The molecule has 0 atom stereocenters. The summed E-state index contributed by atoms with van der Waals surface area (Å²) in [5.74, 6) is 0.390. The van der Waals surface area contributed by atoms with Crippen molar-refractivity contribution in [3.8, 4) is 0 Å². The Bertz CT molecular complexity index is 563. The van der Waals surface area contributed by atoms with Gasteiger partial charge in [-0.15, -0.1) is 0 Å². The second-order valence-corrected chi connectivity index (χ2v) is 4.86. The van der Waals surface area contributed by atoms with E-state index in [4.69, 9.17) is 10.3 Å². The first-order valence-corrected chi connectivity index (χ1v) is 6.18. The van der Waals surface area contributed by atoms with Gasteiger partial charge in [0.1, 0.15) is 11.6 Å². The van der Waals surface area contributed by atoms with Gasteiger partial charge in [-0.3, -0.25) is 0 Å². The Morgan fingerprint density at radius 3 is 2.78 bits per heavy atom. The molecule has 3 N–H and O–H groups in total. The van der Waals surface area contributed by atoms with E-state index in [0.29, 0.717) is 22.4 Å². The number of benzene rings is 1. The molecule has 6 heteroatoms. The van der Waals surface area contributed by atoms with Gasteiger partial charge in [-0.1, -0.05) is 5.16 Å². The fourth-order valence-electron chi connectivity index (χ4n) is 1.65.